The van der Waals surface area contributed by atoms with E-state index in [1.807, 2.05) is 29.2 Å². The van der Waals surface area contributed by atoms with Crippen LogP contribution in [0.2, 0.25) is 0 Å². The lowest BCUT2D eigenvalue weighted by Crippen LogP contribution is -2.40. The molecule has 8 N–H and O–H groups in total. The fourth-order valence-corrected chi connectivity index (χ4v) is 7.47. The van der Waals surface area contributed by atoms with Crippen molar-refractivity contribution in [3.63, 3.8) is 0 Å². The zero-order valence-corrected chi connectivity index (χ0v) is 29.6. The van der Waals surface area contributed by atoms with E-state index in [-0.39, 0.29) is 36.1 Å². The number of nitrogens with zero attached hydrogens (tertiary/aromatic N) is 8. The highest BCUT2D eigenvalue weighted by Gasteiger charge is 2.44. The Balaban J connectivity index is 1.11. The predicted octanol–water partition coefficient (Wildman–Crippen LogP) is 2.87. The summed E-state index contributed by atoms with van der Waals surface area (Å²) in [6, 6.07) is 15.7. The summed E-state index contributed by atoms with van der Waals surface area (Å²) in [7, 11) is 0. The molecule has 1 aliphatic heterocycles. The van der Waals surface area contributed by atoms with Gasteiger partial charge in [0.2, 0.25) is 5.95 Å². The maximum absolute atomic E-state index is 12.8. The van der Waals surface area contributed by atoms with Crippen molar-refractivity contribution in [2.75, 3.05) is 35.2 Å². The molecule has 2 aromatic carbocycles. The molecule has 1 saturated heterocycles. The van der Waals surface area contributed by atoms with Crippen molar-refractivity contribution in [2.24, 2.45) is 0 Å². The molecule has 55 heavy (non-hydrogen) atoms. The zero-order chi connectivity index (χ0) is 38.1. The molecule has 1 aliphatic carbocycles. The summed E-state index contributed by atoms with van der Waals surface area (Å²) in [5.41, 5.74) is 3.91. The summed E-state index contributed by atoms with van der Waals surface area (Å²) in [5, 5.41) is 65.8. The number of carbonyl (C=O) groups is 1. The van der Waals surface area contributed by atoms with Crippen LogP contribution in [-0.2, 0) is 6.61 Å². The van der Waals surface area contributed by atoms with Gasteiger partial charge in [0.1, 0.15) is 23.7 Å². The van der Waals surface area contributed by atoms with Gasteiger partial charge in [0.15, 0.2) is 17.0 Å². The molecule has 2 fully saturated rings. The van der Waals surface area contributed by atoms with E-state index in [1.54, 1.807) is 70.6 Å². The minimum Gasteiger partial charge on any atom is -0.508 e. The Bertz CT molecular complexity index is 2200. The molecule has 2 aliphatic rings. The number of aromatic hydroxyl groups is 2. The van der Waals surface area contributed by atoms with Crippen LogP contribution in [0.3, 0.4) is 0 Å². The minimum atomic E-state index is -1.17. The van der Waals surface area contributed by atoms with Crippen molar-refractivity contribution in [1.29, 1.82) is 0 Å². The number of nitrogens with one attached hydrogen (secondary N) is 3. The fraction of sp³-hybridized carbons (Fsp3) is 0.316. The van der Waals surface area contributed by atoms with Gasteiger partial charge < -0.3 is 51.0 Å². The van der Waals surface area contributed by atoms with Crippen molar-refractivity contribution >= 4 is 34.6 Å². The van der Waals surface area contributed by atoms with Crippen molar-refractivity contribution in [3.8, 4) is 11.5 Å². The van der Waals surface area contributed by atoms with Crippen LogP contribution in [0.25, 0.3) is 11.2 Å². The van der Waals surface area contributed by atoms with Crippen LogP contribution >= 0.6 is 0 Å². The standard InChI is InChI=1S/C38H41N11O6/c50-20-22-15-42-49(18-22)31-14-30(33(53)34(31)54)48-21-41-32-35(40-17-29(23-3-7-27(51)8-4-23)24-5-9-28(52)10-6-24)45-37(46-36(32)48)47-13-11-26(19-47)44-38(55)43-25-2-1-12-39-16-25/h1-10,12,15-16,18,21,26,29-31,33-34,50-54H,11,13-14,17,19-20H2,(H,40,45,46)(H2,43,44,55)/t26?,30-,31+,33+,34-/m1/s1. The van der Waals surface area contributed by atoms with Gasteiger partial charge in [-0.25, -0.2) is 9.78 Å². The lowest BCUT2D eigenvalue weighted by Gasteiger charge is -2.22. The summed E-state index contributed by atoms with van der Waals surface area (Å²) >= 11 is 0. The molecule has 0 bridgehead atoms. The van der Waals surface area contributed by atoms with Gasteiger partial charge in [-0.15, -0.1) is 0 Å². The van der Waals surface area contributed by atoms with Crippen LogP contribution in [-0.4, -0.2) is 104 Å². The molecule has 6 aromatic rings. The van der Waals surface area contributed by atoms with Gasteiger partial charge in [-0.3, -0.25) is 9.67 Å². The Hall–Kier alpha value is -6.30. The average molecular weight is 748 g/mol. The second kappa shape index (κ2) is 15.2. The number of urea groups is 1. The number of fused-ring (bicyclic) bond motifs is 1. The maximum Gasteiger partial charge on any atom is 0.319 e. The number of anilines is 3. The normalized spacial score (nSPS) is 21.0. The second-order valence-corrected chi connectivity index (χ2v) is 13.9. The van der Waals surface area contributed by atoms with Gasteiger partial charge >= 0.3 is 6.03 Å². The Morgan fingerprint density at radius 3 is 2.33 bits per heavy atom. The molecule has 0 radical (unpaired) electrons. The van der Waals surface area contributed by atoms with E-state index in [0.29, 0.717) is 66.7 Å². The molecule has 5 atom stereocenters. The van der Waals surface area contributed by atoms with E-state index in [9.17, 15) is 30.3 Å². The maximum atomic E-state index is 12.8. The van der Waals surface area contributed by atoms with Gasteiger partial charge in [0.05, 0.1) is 43.1 Å². The van der Waals surface area contributed by atoms with E-state index >= 15 is 0 Å². The van der Waals surface area contributed by atoms with Crippen LogP contribution in [0.15, 0.2) is 91.8 Å². The quantitative estimate of drug-likeness (QED) is 0.0954. The van der Waals surface area contributed by atoms with Crippen LogP contribution in [0, 0.1) is 0 Å². The highest BCUT2D eigenvalue weighted by atomic mass is 16.3. The number of aliphatic hydroxyl groups is 3. The van der Waals surface area contributed by atoms with E-state index < -0.39 is 24.3 Å². The topological polar surface area (TPSA) is 232 Å². The molecule has 17 heteroatoms. The SMILES string of the molecule is O=C(Nc1cccnc1)NC1CCN(c2nc(NCC(c3ccc(O)cc3)c3ccc(O)cc3)c3ncn([C@@H]4C[C@H](n5cc(CO)cn5)[C@@H](O)[C@H]4O)c3n2)C1. The lowest BCUT2D eigenvalue weighted by molar-refractivity contribution is 0.00720. The van der Waals surface area contributed by atoms with Crippen LogP contribution in [0.4, 0.5) is 22.2 Å². The van der Waals surface area contributed by atoms with Crippen LogP contribution < -0.4 is 20.9 Å². The Kier molecular flexibility index (Phi) is 9.88. The van der Waals surface area contributed by atoms with E-state index in [2.05, 4.69) is 26.0 Å². The number of hydrogen-bond donors (Lipinski definition) is 8. The summed E-state index contributed by atoms with van der Waals surface area (Å²) in [6.45, 7) is 1.15. The molecule has 4 aromatic heterocycles. The van der Waals surface area contributed by atoms with Gasteiger partial charge in [-0.05, 0) is 60.4 Å². The van der Waals surface area contributed by atoms with Crippen molar-refractivity contribution in [2.45, 2.75) is 55.7 Å². The summed E-state index contributed by atoms with van der Waals surface area (Å²) in [5.74, 6) is 0.898. The third-order valence-corrected chi connectivity index (χ3v) is 10.4. The first-order valence-corrected chi connectivity index (χ1v) is 18.0. The van der Waals surface area contributed by atoms with E-state index in [4.69, 9.17) is 15.0 Å². The molecule has 1 saturated carbocycles. The van der Waals surface area contributed by atoms with Gasteiger partial charge in [0.25, 0.3) is 0 Å². The number of amides is 2. The molecular formula is C38H41N11O6. The number of benzene rings is 2. The number of aromatic nitrogens is 7. The summed E-state index contributed by atoms with van der Waals surface area (Å²) in [4.78, 5) is 33.5. The molecule has 2 amide bonds. The molecule has 1 unspecified atom stereocenters. The van der Waals surface area contributed by atoms with Crippen LogP contribution in [0.1, 0.15) is 47.5 Å². The van der Waals surface area contributed by atoms with Gasteiger partial charge in [-0.1, -0.05) is 24.3 Å². The number of pyridine rings is 1. The number of carbonyl (C=O) groups excluding carboxylic acids is 1. The van der Waals surface area contributed by atoms with Crippen molar-refractivity contribution in [1.82, 2.24) is 39.6 Å². The second-order valence-electron chi connectivity index (χ2n) is 13.9. The largest absolute Gasteiger partial charge is 0.508 e. The first kappa shape index (κ1) is 35.7. The highest BCUT2D eigenvalue weighted by molar-refractivity contribution is 5.89. The number of phenolic OH excluding ortho intramolecular Hbond substituents is 2. The Morgan fingerprint density at radius 1 is 0.927 bits per heavy atom. The van der Waals surface area contributed by atoms with E-state index in [0.717, 1.165) is 11.1 Å². The molecular weight excluding hydrogens is 706 g/mol. The van der Waals surface area contributed by atoms with E-state index in [1.165, 1.54) is 6.20 Å². The number of imidazole rings is 1. The summed E-state index contributed by atoms with van der Waals surface area (Å²) in [6.07, 6.45) is 6.61. The Morgan fingerprint density at radius 2 is 1.65 bits per heavy atom. The minimum absolute atomic E-state index is 0.143. The van der Waals surface area contributed by atoms with Crippen molar-refractivity contribution in [3.05, 3.63) is 108 Å². The van der Waals surface area contributed by atoms with Crippen molar-refractivity contribution < 1.29 is 30.3 Å². The number of aliphatic hydroxyl groups excluding tert-OH is 3. The smallest absolute Gasteiger partial charge is 0.319 e. The first-order valence-electron chi connectivity index (χ1n) is 18.0. The molecule has 0 spiro atoms. The molecule has 8 rings (SSSR count). The van der Waals surface area contributed by atoms with Crippen LogP contribution in [0.5, 0.6) is 11.5 Å². The molecule has 284 valence electrons. The Labute approximate surface area is 315 Å². The molecule has 5 heterocycles. The summed E-state index contributed by atoms with van der Waals surface area (Å²) < 4.78 is 3.33. The third kappa shape index (κ3) is 7.44. The zero-order valence-electron chi connectivity index (χ0n) is 29.6. The fourth-order valence-electron chi connectivity index (χ4n) is 7.47. The average Bonchev–Trinajstić information content (AvgIpc) is 4.01. The number of phenols is 2. The highest BCUT2D eigenvalue weighted by Crippen LogP contribution is 2.40. The lowest BCUT2D eigenvalue weighted by atomic mass is 9.91. The number of rotatable bonds is 11. The van der Waals surface area contributed by atoms with Gasteiger partial charge in [0, 0.05) is 49.6 Å². The number of hydrogen-bond acceptors (Lipinski definition) is 13. The molecule has 17 nitrogen and oxygen atoms in total. The monoisotopic (exact) mass is 747 g/mol. The first-order chi connectivity index (χ1) is 26.7. The predicted molar refractivity (Wildman–Crippen MR) is 202 cm³/mol. The third-order valence-electron chi connectivity index (χ3n) is 10.4. The van der Waals surface area contributed by atoms with Gasteiger partial charge in [-0.2, -0.15) is 15.1 Å².